The van der Waals surface area contributed by atoms with Gasteiger partial charge in [0.25, 0.3) is 0 Å². The predicted octanol–water partition coefficient (Wildman–Crippen LogP) is 4.09. The van der Waals surface area contributed by atoms with Crippen LogP contribution in [-0.4, -0.2) is 37.4 Å². The van der Waals surface area contributed by atoms with E-state index in [1.54, 1.807) is 0 Å². The van der Waals surface area contributed by atoms with E-state index in [0.717, 1.165) is 17.8 Å². The van der Waals surface area contributed by atoms with Crippen LogP contribution in [-0.2, 0) is 20.8 Å². The fourth-order valence-corrected chi connectivity index (χ4v) is 4.32. The Morgan fingerprint density at radius 3 is 2.39 bits per heavy atom. The van der Waals surface area contributed by atoms with Crippen LogP contribution in [0.4, 0.5) is 13.2 Å². The summed E-state index contributed by atoms with van der Waals surface area (Å²) in [7, 11) is -3.81. The lowest BCUT2D eigenvalue weighted by atomic mass is 10.3. The minimum atomic E-state index is -4.54. The lowest BCUT2D eigenvalue weighted by molar-refractivity contribution is -0.137. The molecule has 5 nitrogen and oxygen atoms in total. The number of nitrogens with one attached hydrogen (secondary N) is 1. The van der Waals surface area contributed by atoms with E-state index in [2.05, 4.69) is 10.3 Å². The number of alkyl halides is 3. The van der Waals surface area contributed by atoms with Crippen LogP contribution in [0.1, 0.15) is 5.56 Å². The highest BCUT2D eigenvalue weighted by Gasteiger charge is 2.31. The summed E-state index contributed by atoms with van der Waals surface area (Å²) in [5.41, 5.74) is -0.956. The first-order valence-electron chi connectivity index (χ1n) is 7.59. The second-order valence-corrected chi connectivity index (χ2v) is 9.34. The van der Waals surface area contributed by atoms with Gasteiger partial charge in [-0.25, -0.2) is 13.4 Å². The first-order valence-corrected chi connectivity index (χ1v) is 11.0. The molecule has 0 fully saturated rings. The summed E-state index contributed by atoms with van der Waals surface area (Å²) in [5, 5.41) is 2.82. The van der Waals surface area contributed by atoms with E-state index in [4.69, 9.17) is 23.2 Å². The lowest BCUT2D eigenvalue weighted by Gasteiger charge is -2.09. The SMILES string of the molecule is O=C(CS(=O)(=O)c1ccc(Cl)cc1)NCCSc1ncc(C(F)(F)F)cc1Cl. The molecule has 2 rings (SSSR count). The van der Waals surface area contributed by atoms with Crippen LogP contribution in [0.2, 0.25) is 10.0 Å². The molecule has 1 N–H and O–H groups in total. The highest BCUT2D eigenvalue weighted by atomic mass is 35.5. The minimum absolute atomic E-state index is 0.0258. The molecule has 1 amide bonds. The first-order chi connectivity index (χ1) is 13.0. The van der Waals surface area contributed by atoms with Crippen LogP contribution in [0.15, 0.2) is 46.5 Å². The third-order valence-electron chi connectivity index (χ3n) is 3.29. The van der Waals surface area contributed by atoms with Crippen molar-refractivity contribution in [1.82, 2.24) is 10.3 Å². The zero-order valence-corrected chi connectivity index (χ0v) is 17.1. The average molecular weight is 473 g/mol. The fraction of sp³-hybridized carbons (Fsp3) is 0.250. The van der Waals surface area contributed by atoms with Gasteiger partial charge in [0.15, 0.2) is 9.84 Å². The number of thioether (sulfide) groups is 1. The molecule has 1 heterocycles. The molecule has 0 atom stereocenters. The van der Waals surface area contributed by atoms with E-state index in [9.17, 15) is 26.4 Å². The van der Waals surface area contributed by atoms with Gasteiger partial charge in [0.2, 0.25) is 5.91 Å². The summed E-state index contributed by atoms with van der Waals surface area (Å²) in [6.07, 6.45) is -3.87. The third kappa shape index (κ3) is 6.54. The first kappa shape index (κ1) is 22.8. The Morgan fingerprint density at radius 1 is 1.18 bits per heavy atom. The number of aromatic nitrogens is 1. The van der Waals surface area contributed by atoms with Gasteiger partial charge in [0.1, 0.15) is 10.8 Å². The number of hydrogen-bond donors (Lipinski definition) is 1. The maximum Gasteiger partial charge on any atom is 0.417 e. The highest BCUT2D eigenvalue weighted by Crippen LogP contribution is 2.33. The van der Waals surface area contributed by atoms with Gasteiger partial charge in [-0.1, -0.05) is 23.2 Å². The van der Waals surface area contributed by atoms with Crippen molar-refractivity contribution in [2.75, 3.05) is 18.1 Å². The number of carbonyl (C=O) groups is 1. The van der Waals surface area contributed by atoms with E-state index < -0.39 is 33.2 Å². The Kier molecular flexibility index (Phi) is 7.60. The molecule has 152 valence electrons. The monoisotopic (exact) mass is 472 g/mol. The molecule has 0 saturated carbocycles. The van der Waals surface area contributed by atoms with Crippen molar-refractivity contribution < 1.29 is 26.4 Å². The summed E-state index contributed by atoms with van der Waals surface area (Å²) >= 11 is 12.5. The summed E-state index contributed by atoms with van der Waals surface area (Å²) < 4.78 is 62.0. The number of halogens is 5. The molecule has 0 saturated heterocycles. The van der Waals surface area contributed by atoms with Crippen molar-refractivity contribution >= 4 is 50.7 Å². The van der Waals surface area contributed by atoms with Gasteiger partial charge in [-0.2, -0.15) is 13.2 Å². The zero-order chi connectivity index (χ0) is 20.9. The van der Waals surface area contributed by atoms with Crippen LogP contribution in [0.25, 0.3) is 0 Å². The fourth-order valence-electron chi connectivity index (χ4n) is 1.97. The standard InChI is InChI=1S/C16H13Cl2F3N2O3S2/c17-11-1-3-12(4-2-11)28(25,26)9-14(24)22-5-6-27-15-13(18)7-10(8-23-15)16(19,20)21/h1-4,7-8H,5-6,9H2,(H,22,24). The van der Waals surface area contributed by atoms with Crippen LogP contribution in [0, 0.1) is 0 Å². The number of benzene rings is 1. The molecule has 0 spiro atoms. The van der Waals surface area contributed by atoms with Crippen LogP contribution >= 0.6 is 35.0 Å². The van der Waals surface area contributed by atoms with Crippen molar-refractivity contribution in [3.05, 3.63) is 52.1 Å². The quantitative estimate of drug-likeness (QED) is 0.485. The molecule has 1 aromatic carbocycles. The second-order valence-electron chi connectivity index (χ2n) is 5.42. The van der Waals surface area contributed by atoms with Gasteiger partial charge >= 0.3 is 6.18 Å². The van der Waals surface area contributed by atoms with E-state index in [-0.39, 0.29) is 27.2 Å². The van der Waals surface area contributed by atoms with Gasteiger partial charge < -0.3 is 5.32 Å². The largest absolute Gasteiger partial charge is 0.417 e. The molecule has 0 aliphatic carbocycles. The Morgan fingerprint density at radius 2 is 1.82 bits per heavy atom. The Balaban J connectivity index is 1.83. The van der Waals surface area contributed by atoms with Crippen molar-refractivity contribution in [3.63, 3.8) is 0 Å². The molecular formula is C16H13Cl2F3N2O3S2. The number of carbonyl (C=O) groups excluding carboxylic acids is 1. The summed E-state index contributed by atoms with van der Waals surface area (Å²) in [6, 6.07) is 6.19. The van der Waals surface area contributed by atoms with Crippen LogP contribution in [0.5, 0.6) is 0 Å². The number of pyridine rings is 1. The topological polar surface area (TPSA) is 76.1 Å². The van der Waals surface area contributed by atoms with Gasteiger partial charge in [-0.15, -0.1) is 11.8 Å². The van der Waals surface area contributed by atoms with Crippen LogP contribution < -0.4 is 5.32 Å². The zero-order valence-electron chi connectivity index (χ0n) is 14.0. The maximum absolute atomic E-state index is 12.6. The number of amides is 1. The van der Waals surface area contributed by atoms with E-state index in [1.165, 1.54) is 24.3 Å². The maximum atomic E-state index is 12.6. The lowest BCUT2D eigenvalue weighted by Crippen LogP contribution is -2.31. The molecule has 12 heteroatoms. The van der Waals surface area contributed by atoms with E-state index in [0.29, 0.717) is 11.2 Å². The number of rotatable bonds is 7. The second kappa shape index (κ2) is 9.34. The van der Waals surface area contributed by atoms with Gasteiger partial charge in [-0.05, 0) is 30.3 Å². The summed E-state index contributed by atoms with van der Waals surface area (Å²) in [6.45, 7) is 0.0820. The number of hydrogen-bond acceptors (Lipinski definition) is 5. The van der Waals surface area contributed by atoms with Gasteiger partial charge in [-0.3, -0.25) is 4.79 Å². The molecule has 2 aromatic rings. The number of nitrogens with zero attached hydrogens (tertiary/aromatic N) is 1. The van der Waals surface area contributed by atoms with Crippen LogP contribution in [0.3, 0.4) is 0 Å². The molecule has 0 radical (unpaired) electrons. The molecule has 1 aromatic heterocycles. The normalized spacial score (nSPS) is 12.0. The van der Waals surface area contributed by atoms with E-state index >= 15 is 0 Å². The van der Waals surface area contributed by atoms with Crippen molar-refractivity contribution in [3.8, 4) is 0 Å². The molecule has 0 bridgehead atoms. The average Bonchev–Trinajstić information content (AvgIpc) is 2.59. The molecular weight excluding hydrogens is 460 g/mol. The Bertz CT molecular complexity index is 953. The minimum Gasteiger partial charge on any atom is -0.354 e. The van der Waals surface area contributed by atoms with Gasteiger partial charge in [0.05, 0.1) is 15.5 Å². The molecule has 0 aliphatic rings. The van der Waals surface area contributed by atoms with Crippen molar-refractivity contribution in [2.45, 2.75) is 16.1 Å². The Labute approximate surface area is 173 Å². The van der Waals surface area contributed by atoms with Gasteiger partial charge in [0, 0.05) is 23.5 Å². The third-order valence-corrected chi connectivity index (χ3v) is 6.58. The van der Waals surface area contributed by atoms with Crippen molar-refractivity contribution in [2.24, 2.45) is 0 Å². The smallest absolute Gasteiger partial charge is 0.354 e. The van der Waals surface area contributed by atoms with Crippen molar-refractivity contribution in [1.29, 1.82) is 0 Å². The summed E-state index contributed by atoms with van der Waals surface area (Å²) in [5.74, 6) is -1.20. The number of sulfone groups is 1. The Hall–Kier alpha value is -1.49. The highest BCUT2D eigenvalue weighted by molar-refractivity contribution is 7.99. The molecule has 0 aliphatic heterocycles. The molecule has 0 unspecified atom stereocenters. The predicted molar refractivity (Wildman–Crippen MR) is 101 cm³/mol. The molecule has 28 heavy (non-hydrogen) atoms. The summed E-state index contributed by atoms with van der Waals surface area (Å²) in [4.78, 5) is 15.5. The van der Waals surface area contributed by atoms with E-state index in [1.807, 2.05) is 0 Å².